The van der Waals surface area contributed by atoms with E-state index in [9.17, 15) is 8.42 Å². The van der Waals surface area contributed by atoms with E-state index in [1.165, 1.54) is 11.1 Å². The maximum Gasteiger partial charge on any atom is 0.214 e. The van der Waals surface area contributed by atoms with Gasteiger partial charge in [-0.2, -0.15) is 0 Å². The fourth-order valence-corrected chi connectivity index (χ4v) is 3.89. The van der Waals surface area contributed by atoms with E-state index in [4.69, 9.17) is 0 Å². The zero-order valence-corrected chi connectivity index (χ0v) is 12.6. The molecule has 0 unspecified atom stereocenters. The van der Waals surface area contributed by atoms with Crippen LogP contribution >= 0.6 is 0 Å². The van der Waals surface area contributed by atoms with Crippen LogP contribution in [-0.2, 0) is 10.0 Å². The van der Waals surface area contributed by atoms with Gasteiger partial charge < -0.3 is 5.32 Å². The molecule has 4 nitrogen and oxygen atoms in total. The summed E-state index contributed by atoms with van der Waals surface area (Å²) in [6.45, 7) is 5.55. The molecule has 5 heteroatoms. The van der Waals surface area contributed by atoms with E-state index in [0.29, 0.717) is 6.54 Å². The molecule has 108 valence electrons. The average molecular weight is 284 g/mol. The number of hydrogen-bond acceptors (Lipinski definition) is 3. The Kier molecular flexibility index (Phi) is 4.81. The van der Waals surface area contributed by atoms with Crippen LogP contribution < -0.4 is 10.0 Å². The molecule has 0 saturated heterocycles. The van der Waals surface area contributed by atoms with Crippen molar-refractivity contribution in [3.63, 3.8) is 0 Å². The first-order valence-electron chi connectivity index (χ1n) is 7.12. The first-order chi connectivity index (χ1) is 9.06. The van der Waals surface area contributed by atoms with Gasteiger partial charge in [-0.1, -0.05) is 24.6 Å². The molecule has 0 bridgehead atoms. The maximum absolute atomic E-state index is 11.8. The second-order valence-corrected chi connectivity index (χ2v) is 7.40. The van der Waals surface area contributed by atoms with Gasteiger partial charge in [0.25, 0.3) is 0 Å². The normalized spacial score (nSPS) is 25.3. The second-order valence-electron chi connectivity index (χ2n) is 5.36. The highest BCUT2D eigenvalue weighted by molar-refractivity contribution is 7.90. The highest BCUT2D eigenvalue weighted by Gasteiger charge is 2.35. The minimum Gasteiger partial charge on any atom is -0.309 e. The van der Waals surface area contributed by atoms with Crippen molar-refractivity contribution in [3.8, 4) is 0 Å². The van der Waals surface area contributed by atoms with Gasteiger partial charge in [-0.25, -0.2) is 13.1 Å². The molecule has 0 aromatic carbocycles. The topological polar surface area (TPSA) is 58.2 Å². The van der Waals surface area contributed by atoms with Gasteiger partial charge in [-0.15, -0.1) is 0 Å². The molecule has 2 aliphatic rings. The van der Waals surface area contributed by atoms with Gasteiger partial charge in [-0.3, -0.25) is 0 Å². The largest absolute Gasteiger partial charge is 0.309 e. The Hall–Kier alpha value is -0.650. The van der Waals surface area contributed by atoms with E-state index in [0.717, 1.165) is 32.2 Å². The molecule has 0 amide bonds. The van der Waals surface area contributed by atoms with Crippen LogP contribution in [0, 0.1) is 0 Å². The monoisotopic (exact) mass is 284 g/mol. The number of sulfonamides is 1. The summed E-state index contributed by atoms with van der Waals surface area (Å²) in [5, 5.41) is 3.29. The van der Waals surface area contributed by atoms with Gasteiger partial charge in [0.05, 0.1) is 5.25 Å². The highest BCUT2D eigenvalue weighted by Crippen LogP contribution is 2.27. The summed E-state index contributed by atoms with van der Waals surface area (Å²) in [6, 6.07) is 0.204. The van der Waals surface area contributed by atoms with Crippen LogP contribution in [0.5, 0.6) is 0 Å². The zero-order chi connectivity index (χ0) is 13.9. The van der Waals surface area contributed by atoms with Crippen LogP contribution in [0.4, 0.5) is 0 Å². The van der Waals surface area contributed by atoms with Crippen molar-refractivity contribution in [2.45, 2.75) is 50.8 Å². The number of allylic oxidation sites excluding steroid dienone is 2. The third kappa shape index (κ3) is 3.91. The smallest absolute Gasteiger partial charge is 0.214 e. The molecule has 1 fully saturated rings. The Morgan fingerprint density at radius 1 is 1.42 bits per heavy atom. The van der Waals surface area contributed by atoms with Gasteiger partial charge >= 0.3 is 0 Å². The lowest BCUT2D eigenvalue weighted by Gasteiger charge is -2.27. The van der Waals surface area contributed by atoms with Crippen molar-refractivity contribution in [3.05, 3.63) is 23.3 Å². The summed E-state index contributed by atoms with van der Waals surface area (Å²) >= 11 is 0. The van der Waals surface area contributed by atoms with E-state index in [1.807, 2.05) is 6.92 Å². The molecular weight excluding hydrogens is 260 g/mol. The van der Waals surface area contributed by atoms with Crippen molar-refractivity contribution in [1.29, 1.82) is 0 Å². The molecular formula is C14H24N2O2S. The van der Waals surface area contributed by atoms with Crippen molar-refractivity contribution in [1.82, 2.24) is 10.0 Å². The molecule has 1 aliphatic carbocycles. The Morgan fingerprint density at radius 3 is 2.74 bits per heavy atom. The first kappa shape index (κ1) is 14.8. The van der Waals surface area contributed by atoms with Gasteiger partial charge in [0.15, 0.2) is 0 Å². The first-order valence-corrected chi connectivity index (χ1v) is 8.67. The van der Waals surface area contributed by atoms with Crippen LogP contribution in [0.3, 0.4) is 0 Å². The molecule has 19 heavy (non-hydrogen) atoms. The predicted octanol–water partition coefficient (Wildman–Crippen LogP) is 1.71. The van der Waals surface area contributed by atoms with E-state index >= 15 is 0 Å². The summed E-state index contributed by atoms with van der Waals surface area (Å²) in [5.41, 5.74) is 2.79. The van der Waals surface area contributed by atoms with E-state index in [-0.39, 0.29) is 11.3 Å². The molecule has 2 rings (SSSR count). The SMILES string of the molecule is C/C=C\C1=C(CC)CN[C@H](CNS(=O)(=O)C2CC2)C1. The van der Waals surface area contributed by atoms with Crippen LogP contribution in [-0.4, -0.2) is 32.8 Å². The van der Waals surface area contributed by atoms with Crippen molar-refractivity contribution in [2.75, 3.05) is 13.1 Å². The lowest BCUT2D eigenvalue weighted by atomic mass is 9.94. The Labute approximate surface area is 116 Å². The molecule has 0 aromatic heterocycles. The quantitative estimate of drug-likeness (QED) is 0.781. The standard InChI is InChI=1S/C14H24N2O2S/c1-3-5-12-8-13(15-9-11(12)4-2)10-16-19(17,18)14-6-7-14/h3,5,13-16H,4,6-10H2,1-2H3/b5-3-/t13-/m0/s1. The van der Waals surface area contributed by atoms with E-state index in [1.54, 1.807) is 0 Å². The molecule has 0 aromatic rings. The van der Waals surface area contributed by atoms with Crippen molar-refractivity contribution in [2.24, 2.45) is 0 Å². The summed E-state index contributed by atoms with van der Waals surface area (Å²) in [4.78, 5) is 0. The van der Waals surface area contributed by atoms with Crippen molar-refractivity contribution < 1.29 is 8.42 Å². The van der Waals surface area contributed by atoms with Crippen LogP contribution in [0.15, 0.2) is 23.3 Å². The Morgan fingerprint density at radius 2 is 2.16 bits per heavy atom. The zero-order valence-electron chi connectivity index (χ0n) is 11.8. The van der Waals surface area contributed by atoms with Gasteiger partial charge in [-0.05, 0) is 38.2 Å². The lowest BCUT2D eigenvalue weighted by Crippen LogP contribution is -2.44. The van der Waals surface area contributed by atoms with Gasteiger partial charge in [0, 0.05) is 19.1 Å². The average Bonchev–Trinajstić information content (AvgIpc) is 3.22. The molecule has 0 spiro atoms. The third-order valence-electron chi connectivity index (χ3n) is 3.81. The molecule has 1 heterocycles. The molecule has 1 atom stereocenters. The van der Waals surface area contributed by atoms with Crippen molar-refractivity contribution >= 4 is 10.0 Å². The predicted molar refractivity (Wildman–Crippen MR) is 78.5 cm³/mol. The minimum absolute atomic E-state index is 0.132. The van der Waals surface area contributed by atoms with Crippen LogP contribution in [0.2, 0.25) is 0 Å². The highest BCUT2D eigenvalue weighted by atomic mass is 32.2. The summed E-state index contributed by atoms with van der Waals surface area (Å²) in [7, 11) is -3.06. The summed E-state index contributed by atoms with van der Waals surface area (Å²) in [6.07, 6.45) is 7.80. The minimum atomic E-state index is -3.06. The van der Waals surface area contributed by atoms with Crippen LogP contribution in [0.25, 0.3) is 0 Å². The van der Waals surface area contributed by atoms with E-state index in [2.05, 4.69) is 29.1 Å². The number of rotatable bonds is 6. The summed E-state index contributed by atoms with van der Waals surface area (Å²) < 4.78 is 26.3. The maximum atomic E-state index is 11.8. The van der Waals surface area contributed by atoms with E-state index < -0.39 is 10.0 Å². The Bertz CT molecular complexity index is 476. The molecule has 0 radical (unpaired) electrons. The fourth-order valence-electron chi connectivity index (χ4n) is 2.46. The third-order valence-corrected chi connectivity index (χ3v) is 5.73. The molecule has 2 N–H and O–H groups in total. The summed E-state index contributed by atoms with van der Waals surface area (Å²) in [5.74, 6) is 0. The molecule has 1 aliphatic heterocycles. The second kappa shape index (κ2) is 6.20. The molecule has 1 saturated carbocycles. The Balaban J connectivity index is 1.91. The fraction of sp³-hybridized carbons (Fsp3) is 0.714. The van der Waals surface area contributed by atoms with Gasteiger partial charge in [0.2, 0.25) is 10.0 Å². The van der Waals surface area contributed by atoms with Gasteiger partial charge in [0.1, 0.15) is 0 Å². The number of nitrogens with one attached hydrogen (secondary N) is 2. The number of hydrogen-bond donors (Lipinski definition) is 2. The lowest BCUT2D eigenvalue weighted by molar-refractivity contribution is 0.488. The van der Waals surface area contributed by atoms with Crippen LogP contribution in [0.1, 0.15) is 39.5 Å².